The second kappa shape index (κ2) is 6.09. The minimum Gasteiger partial charge on any atom is -0.540 e. The van der Waals surface area contributed by atoms with Gasteiger partial charge in [-0.05, 0) is 58.9 Å². The number of nitrogens with zero attached hydrogens (tertiary/aromatic N) is 2. The lowest BCUT2D eigenvalue weighted by Gasteiger charge is -2.25. The fraction of sp³-hybridized carbons (Fsp3) is 0.692. The molecule has 0 aromatic carbocycles. The van der Waals surface area contributed by atoms with E-state index < -0.39 is 25.0 Å². The zero-order valence-electron chi connectivity index (χ0n) is 14.7. The highest BCUT2D eigenvalue weighted by Gasteiger charge is 2.26. The van der Waals surface area contributed by atoms with Crippen LogP contribution in [-0.4, -0.2) is 34.9 Å². The maximum Gasteiger partial charge on any atom is 0.305 e. The average Bonchev–Trinajstić information content (AvgIpc) is 2.15. The summed E-state index contributed by atoms with van der Waals surface area (Å²) in [5.74, 6) is 1.14. The van der Waals surface area contributed by atoms with Gasteiger partial charge in [-0.25, -0.2) is 4.98 Å². The number of aromatic nitrogens is 2. The van der Waals surface area contributed by atoms with Crippen LogP contribution < -0.4 is 13.3 Å². The van der Waals surface area contributed by atoms with Crippen LogP contribution in [0.5, 0.6) is 17.6 Å². The van der Waals surface area contributed by atoms with Gasteiger partial charge in [0.2, 0.25) is 30.8 Å². The fourth-order valence-electron chi connectivity index (χ4n) is 1.43. The van der Waals surface area contributed by atoms with E-state index in [0.29, 0.717) is 17.6 Å². The van der Waals surface area contributed by atoms with E-state index in [2.05, 4.69) is 68.9 Å². The molecule has 0 fully saturated rings. The summed E-state index contributed by atoms with van der Waals surface area (Å²) in [5.41, 5.74) is 0. The SMILES string of the molecule is C[Si](C)(C)Oc1ncc(O[Si](C)(C)C)c(O[Si](C)(C)C)n1. The molecule has 0 unspecified atom stereocenters. The summed E-state index contributed by atoms with van der Waals surface area (Å²) in [6.07, 6.45) is 1.68. The summed E-state index contributed by atoms with van der Waals surface area (Å²) >= 11 is 0. The summed E-state index contributed by atoms with van der Waals surface area (Å²) in [4.78, 5) is 8.71. The lowest BCUT2D eigenvalue weighted by Crippen LogP contribution is -2.34. The van der Waals surface area contributed by atoms with Gasteiger partial charge in [-0.2, -0.15) is 4.98 Å². The van der Waals surface area contributed by atoms with Gasteiger partial charge in [0.1, 0.15) is 0 Å². The van der Waals surface area contributed by atoms with Crippen molar-refractivity contribution in [1.29, 1.82) is 0 Å². The van der Waals surface area contributed by atoms with Crippen molar-refractivity contribution in [2.75, 3.05) is 0 Å². The van der Waals surface area contributed by atoms with Gasteiger partial charge in [0.15, 0.2) is 5.75 Å². The molecule has 1 aromatic heterocycles. The Morgan fingerprint density at radius 3 is 1.62 bits per heavy atom. The molecule has 0 radical (unpaired) electrons. The second-order valence-electron chi connectivity index (χ2n) is 7.97. The number of hydrogen-bond donors (Lipinski definition) is 0. The van der Waals surface area contributed by atoms with Crippen LogP contribution in [0.2, 0.25) is 58.9 Å². The van der Waals surface area contributed by atoms with E-state index in [4.69, 9.17) is 13.3 Å². The molecule has 1 aromatic rings. The van der Waals surface area contributed by atoms with Gasteiger partial charge >= 0.3 is 6.01 Å². The molecule has 0 aliphatic rings. The molecule has 120 valence electrons. The Labute approximate surface area is 131 Å². The van der Waals surface area contributed by atoms with Crippen molar-refractivity contribution in [2.45, 2.75) is 58.9 Å². The van der Waals surface area contributed by atoms with Crippen LogP contribution in [0.1, 0.15) is 0 Å². The maximum atomic E-state index is 6.05. The Morgan fingerprint density at radius 2 is 1.19 bits per heavy atom. The third-order valence-corrected chi connectivity index (χ3v) is 4.35. The van der Waals surface area contributed by atoms with E-state index >= 15 is 0 Å². The molecule has 0 bridgehead atoms. The van der Waals surface area contributed by atoms with Crippen molar-refractivity contribution in [3.8, 4) is 17.6 Å². The van der Waals surface area contributed by atoms with Crippen LogP contribution in [-0.2, 0) is 0 Å². The molecule has 0 amide bonds. The van der Waals surface area contributed by atoms with Crippen LogP contribution in [0.4, 0.5) is 0 Å². The van der Waals surface area contributed by atoms with Crippen molar-refractivity contribution < 1.29 is 13.3 Å². The summed E-state index contributed by atoms with van der Waals surface area (Å²) in [6.45, 7) is 19.0. The van der Waals surface area contributed by atoms with Gasteiger partial charge in [0, 0.05) is 0 Å². The second-order valence-corrected chi connectivity index (χ2v) is 21.3. The Bertz CT molecular complexity index is 491. The van der Waals surface area contributed by atoms with Gasteiger partial charge in [-0.15, -0.1) is 0 Å². The third kappa shape index (κ3) is 7.63. The van der Waals surface area contributed by atoms with Crippen molar-refractivity contribution in [3.63, 3.8) is 0 Å². The molecule has 0 atom stereocenters. The summed E-state index contributed by atoms with van der Waals surface area (Å²) in [5, 5.41) is 0. The molecule has 0 saturated carbocycles. The van der Waals surface area contributed by atoms with Gasteiger partial charge in [0.05, 0.1) is 6.20 Å². The first-order valence-corrected chi connectivity index (χ1v) is 17.4. The zero-order valence-corrected chi connectivity index (χ0v) is 17.7. The van der Waals surface area contributed by atoms with E-state index in [-0.39, 0.29) is 0 Å². The van der Waals surface area contributed by atoms with E-state index in [1.54, 1.807) is 6.20 Å². The summed E-state index contributed by atoms with van der Waals surface area (Å²) in [6, 6.07) is 0.380. The average molecular weight is 345 g/mol. The quantitative estimate of drug-likeness (QED) is 0.727. The zero-order chi connectivity index (χ0) is 16.5. The Morgan fingerprint density at radius 1 is 0.714 bits per heavy atom. The molecule has 0 N–H and O–H groups in total. The van der Waals surface area contributed by atoms with E-state index in [9.17, 15) is 0 Å². The first-order valence-electron chi connectivity index (χ1n) is 7.19. The molecule has 1 heterocycles. The Kier molecular flexibility index (Phi) is 5.27. The minimum atomic E-state index is -1.79. The first kappa shape index (κ1) is 18.2. The largest absolute Gasteiger partial charge is 0.540 e. The maximum absolute atomic E-state index is 6.05. The van der Waals surface area contributed by atoms with Gasteiger partial charge in [0.25, 0.3) is 0 Å². The highest BCUT2D eigenvalue weighted by Crippen LogP contribution is 2.30. The van der Waals surface area contributed by atoms with Gasteiger partial charge in [-0.3, -0.25) is 0 Å². The van der Waals surface area contributed by atoms with Crippen LogP contribution in [0.15, 0.2) is 6.20 Å². The number of hydrogen-bond acceptors (Lipinski definition) is 5. The van der Waals surface area contributed by atoms with Crippen molar-refractivity contribution in [3.05, 3.63) is 6.20 Å². The lowest BCUT2D eigenvalue weighted by molar-refractivity contribution is 0.441. The lowest BCUT2D eigenvalue weighted by atomic mass is 10.6. The third-order valence-electron chi connectivity index (χ3n) is 1.92. The standard InChI is InChI=1S/C13H28N2O3Si3/c1-19(2,3)16-11-10-14-13(18-21(7,8)9)15-12(11)17-20(4,5)6/h10H,1-9H3. The molecule has 0 spiro atoms. The van der Waals surface area contributed by atoms with E-state index in [0.717, 1.165) is 0 Å². The molecule has 0 aliphatic heterocycles. The highest BCUT2D eigenvalue weighted by atomic mass is 28.4. The fourth-order valence-corrected chi connectivity index (χ4v) is 3.60. The van der Waals surface area contributed by atoms with Crippen LogP contribution in [0, 0.1) is 0 Å². The topological polar surface area (TPSA) is 53.5 Å². The van der Waals surface area contributed by atoms with E-state index in [1.165, 1.54) is 0 Å². The van der Waals surface area contributed by atoms with Crippen LogP contribution in [0.25, 0.3) is 0 Å². The van der Waals surface area contributed by atoms with Crippen LogP contribution in [0.3, 0.4) is 0 Å². The predicted octanol–water partition coefficient (Wildman–Crippen LogP) is 4.12. The van der Waals surface area contributed by atoms with E-state index in [1.807, 2.05) is 0 Å². The highest BCUT2D eigenvalue weighted by molar-refractivity contribution is 6.71. The molecular weight excluding hydrogens is 316 g/mol. The Hall–Kier alpha value is -0.869. The molecule has 0 aliphatic carbocycles. The number of rotatable bonds is 6. The molecule has 21 heavy (non-hydrogen) atoms. The summed E-state index contributed by atoms with van der Waals surface area (Å²) < 4.78 is 17.9. The van der Waals surface area contributed by atoms with Crippen molar-refractivity contribution >= 4 is 25.0 Å². The molecule has 0 saturated heterocycles. The van der Waals surface area contributed by atoms with Crippen molar-refractivity contribution in [2.24, 2.45) is 0 Å². The van der Waals surface area contributed by atoms with Gasteiger partial charge in [-0.1, -0.05) is 0 Å². The molecule has 5 nitrogen and oxygen atoms in total. The monoisotopic (exact) mass is 344 g/mol. The Balaban J connectivity index is 3.14. The summed E-state index contributed by atoms with van der Waals surface area (Å²) in [7, 11) is -5.28. The molecule has 8 heteroatoms. The molecular formula is C13H28N2O3Si3. The van der Waals surface area contributed by atoms with Crippen molar-refractivity contribution in [1.82, 2.24) is 9.97 Å². The predicted molar refractivity (Wildman–Crippen MR) is 94.0 cm³/mol. The first-order chi connectivity index (χ1) is 9.25. The normalized spacial score (nSPS) is 13.0. The smallest absolute Gasteiger partial charge is 0.305 e. The van der Waals surface area contributed by atoms with Crippen LogP contribution >= 0.6 is 0 Å². The minimum absolute atomic E-state index is 0.380. The molecule has 1 rings (SSSR count). The van der Waals surface area contributed by atoms with Gasteiger partial charge < -0.3 is 13.3 Å².